The van der Waals surface area contributed by atoms with Crippen molar-refractivity contribution >= 4 is 20.0 Å². The predicted octanol–water partition coefficient (Wildman–Crippen LogP) is 5.33. The third kappa shape index (κ3) is 5.57. The van der Waals surface area contributed by atoms with Gasteiger partial charge in [0, 0.05) is 12.5 Å². The predicted molar refractivity (Wildman–Crippen MR) is 126 cm³/mol. The highest BCUT2D eigenvalue weighted by atomic mass is 28.4. The Bertz CT molecular complexity index is 774. The lowest BCUT2D eigenvalue weighted by Crippen LogP contribution is -2.44. The molecule has 0 amide bonds. The van der Waals surface area contributed by atoms with Crippen molar-refractivity contribution in [3.63, 3.8) is 0 Å². The second kappa shape index (κ2) is 9.84. The number of hydrogen-bond acceptors (Lipinski definition) is 6. The molecule has 1 aliphatic carbocycles. The highest BCUT2D eigenvalue weighted by Crippen LogP contribution is 2.48. The molecule has 0 radical (unpaired) electrons. The lowest BCUT2D eigenvalue weighted by molar-refractivity contribution is -0.135. The molecule has 31 heavy (non-hydrogen) atoms. The van der Waals surface area contributed by atoms with Gasteiger partial charge in [-0.05, 0) is 37.0 Å². The number of oxime groups is 1. The summed E-state index contributed by atoms with van der Waals surface area (Å²) in [5.41, 5.74) is 0.785. The van der Waals surface area contributed by atoms with Crippen LogP contribution in [-0.4, -0.2) is 44.9 Å². The van der Waals surface area contributed by atoms with E-state index in [1.165, 1.54) is 0 Å². The molecule has 3 atom stereocenters. The molecule has 1 aliphatic heterocycles. The molecule has 1 aromatic rings. The van der Waals surface area contributed by atoms with E-state index in [4.69, 9.17) is 18.7 Å². The Balaban J connectivity index is 0.00000341. The fourth-order valence-electron chi connectivity index (χ4n) is 3.92. The topological polar surface area (TPSA) is 66.4 Å². The molecule has 1 unspecified atom stereocenters. The molecule has 1 fully saturated rings. The average molecular weight is 450 g/mol. The molecule has 0 saturated heterocycles. The van der Waals surface area contributed by atoms with Gasteiger partial charge in [-0.3, -0.25) is 0 Å². The molecule has 0 spiro atoms. The molecular weight excluding hydrogens is 410 g/mol. The van der Waals surface area contributed by atoms with Crippen molar-refractivity contribution < 1.29 is 23.5 Å². The van der Waals surface area contributed by atoms with E-state index in [0.29, 0.717) is 38.4 Å². The van der Waals surface area contributed by atoms with Gasteiger partial charge < -0.3 is 18.7 Å². The van der Waals surface area contributed by atoms with Crippen LogP contribution in [0, 0.1) is 5.92 Å². The smallest absolute Gasteiger partial charge is 0.356 e. The fourth-order valence-corrected chi connectivity index (χ4v) is 5.29. The second-order valence-electron chi connectivity index (χ2n) is 9.82. The molecule has 1 saturated carbocycles. The van der Waals surface area contributed by atoms with E-state index in [1.54, 1.807) is 6.92 Å². The Morgan fingerprint density at radius 3 is 2.55 bits per heavy atom. The van der Waals surface area contributed by atoms with Crippen molar-refractivity contribution in [2.75, 3.05) is 13.2 Å². The molecule has 0 N–H and O–H groups in total. The van der Waals surface area contributed by atoms with E-state index in [2.05, 4.69) is 39.0 Å². The minimum absolute atomic E-state index is 0. The van der Waals surface area contributed by atoms with Crippen LogP contribution >= 0.6 is 0 Å². The van der Waals surface area contributed by atoms with E-state index < -0.39 is 19.9 Å². The minimum Gasteiger partial charge on any atom is -0.461 e. The standard InChI is InChI=1S/C23H35NO5Si.CH4/c1-7-27-21(25)20-19-13-18(28-30(5,6)22(2,3)4)14-23(19,29-24-20)16-26-15-17-11-9-8-10-12-17;/h8-12,18-19H,7,13-16H2,1-6H3;1H4/t18?,19-,23+;/m1./s1. The monoisotopic (exact) mass is 449 g/mol. The number of esters is 1. The van der Waals surface area contributed by atoms with Gasteiger partial charge in [0.25, 0.3) is 0 Å². The van der Waals surface area contributed by atoms with Crippen molar-refractivity contribution in [3.8, 4) is 0 Å². The number of fused-ring (bicyclic) bond motifs is 1. The molecule has 1 aromatic carbocycles. The summed E-state index contributed by atoms with van der Waals surface area (Å²) in [7, 11) is -1.95. The first-order valence-corrected chi connectivity index (χ1v) is 13.7. The van der Waals surface area contributed by atoms with E-state index in [9.17, 15) is 4.79 Å². The van der Waals surface area contributed by atoms with Gasteiger partial charge in [0.15, 0.2) is 19.6 Å². The van der Waals surface area contributed by atoms with Crippen LogP contribution in [0.4, 0.5) is 0 Å². The molecule has 0 bridgehead atoms. The number of benzene rings is 1. The SMILES string of the molecule is C.CCOC(=O)C1=NO[C@]2(COCc3ccccc3)CC(O[Si](C)(C)C(C)(C)C)C[C@H]12. The van der Waals surface area contributed by atoms with E-state index in [1.807, 2.05) is 30.3 Å². The molecule has 0 aromatic heterocycles. The third-order valence-electron chi connectivity index (χ3n) is 6.57. The highest BCUT2D eigenvalue weighted by Gasteiger charge is 2.59. The number of rotatable bonds is 8. The van der Waals surface area contributed by atoms with Crippen LogP contribution in [0.25, 0.3) is 0 Å². The Morgan fingerprint density at radius 1 is 1.26 bits per heavy atom. The maximum Gasteiger partial charge on any atom is 0.356 e. The largest absolute Gasteiger partial charge is 0.461 e. The summed E-state index contributed by atoms with van der Waals surface area (Å²) >= 11 is 0. The lowest BCUT2D eigenvalue weighted by Gasteiger charge is -2.38. The summed E-state index contributed by atoms with van der Waals surface area (Å²) in [5, 5.41) is 4.25. The maximum atomic E-state index is 12.5. The van der Waals surface area contributed by atoms with Gasteiger partial charge in [-0.2, -0.15) is 0 Å². The van der Waals surface area contributed by atoms with Gasteiger partial charge in [0.05, 0.1) is 25.7 Å². The summed E-state index contributed by atoms with van der Waals surface area (Å²) in [6.45, 7) is 14.1. The Labute approximate surface area is 188 Å². The molecule has 6 nitrogen and oxygen atoms in total. The van der Waals surface area contributed by atoms with E-state index >= 15 is 0 Å². The average Bonchev–Trinajstić information content (AvgIpc) is 3.16. The molecule has 3 rings (SSSR count). The fraction of sp³-hybridized carbons (Fsp3) is 0.667. The van der Waals surface area contributed by atoms with E-state index in [-0.39, 0.29) is 24.5 Å². The summed E-state index contributed by atoms with van der Waals surface area (Å²) in [5.74, 6) is -0.581. The van der Waals surface area contributed by atoms with Gasteiger partial charge in [0.2, 0.25) is 0 Å². The Kier molecular flexibility index (Phi) is 8.11. The molecule has 2 aliphatic rings. The van der Waals surface area contributed by atoms with Crippen LogP contribution < -0.4 is 0 Å². The summed E-state index contributed by atoms with van der Waals surface area (Å²) < 4.78 is 17.9. The minimum atomic E-state index is -1.95. The molecule has 7 heteroatoms. The first-order valence-electron chi connectivity index (χ1n) is 10.8. The van der Waals surface area contributed by atoms with Crippen molar-refractivity contribution in [2.45, 2.75) is 84.4 Å². The van der Waals surface area contributed by atoms with Gasteiger partial charge in [-0.25, -0.2) is 4.79 Å². The van der Waals surface area contributed by atoms with E-state index in [0.717, 1.165) is 5.56 Å². The number of ether oxygens (including phenoxy) is 2. The van der Waals surface area contributed by atoms with Gasteiger partial charge in [-0.1, -0.05) is 63.7 Å². The molecule has 1 heterocycles. The molecular formula is C24H39NO5Si. The van der Waals surface area contributed by atoms with Crippen LogP contribution in [0.15, 0.2) is 35.5 Å². The number of carbonyl (C=O) groups is 1. The van der Waals surface area contributed by atoms with Crippen molar-refractivity contribution in [1.82, 2.24) is 0 Å². The van der Waals surface area contributed by atoms with Gasteiger partial charge >= 0.3 is 5.97 Å². The summed E-state index contributed by atoms with van der Waals surface area (Å²) in [6, 6.07) is 10.0. The van der Waals surface area contributed by atoms with Gasteiger partial charge in [-0.15, -0.1) is 0 Å². The summed E-state index contributed by atoms with van der Waals surface area (Å²) in [6.07, 6.45) is 1.36. The van der Waals surface area contributed by atoms with Crippen LogP contribution in [0.5, 0.6) is 0 Å². The molecule has 174 valence electrons. The Hall–Kier alpha value is -1.70. The van der Waals surface area contributed by atoms with Gasteiger partial charge in [0.1, 0.15) is 0 Å². The number of nitrogens with zero attached hydrogens (tertiary/aromatic N) is 1. The van der Waals surface area contributed by atoms with Crippen molar-refractivity contribution in [2.24, 2.45) is 11.1 Å². The zero-order chi connectivity index (χ0) is 22.0. The maximum absolute atomic E-state index is 12.5. The van der Waals surface area contributed by atoms with Crippen molar-refractivity contribution in [3.05, 3.63) is 35.9 Å². The zero-order valence-corrected chi connectivity index (χ0v) is 20.1. The second-order valence-corrected chi connectivity index (χ2v) is 14.6. The number of carbonyl (C=O) groups excluding carboxylic acids is 1. The van der Waals surface area contributed by atoms with Crippen LogP contribution in [0.3, 0.4) is 0 Å². The third-order valence-corrected chi connectivity index (χ3v) is 11.1. The van der Waals surface area contributed by atoms with Crippen LogP contribution in [0.1, 0.15) is 53.5 Å². The lowest BCUT2D eigenvalue weighted by atomic mass is 9.88. The normalized spacial score (nSPS) is 25.3. The van der Waals surface area contributed by atoms with Crippen LogP contribution in [-0.2, 0) is 30.1 Å². The quantitative estimate of drug-likeness (QED) is 0.396. The first-order chi connectivity index (χ1) is 14.1. The van der Waals surface area contributed by atoms with Crippen LogP contribution in [0.2, 0.25) is 18.1 Å². The zero-order valence-electron chi connectivity index (χ0n) is 19.1. The Morgan fingerprint density at radius 2 is 1.94 bits per heavy atom. The first kappa shape index (κ1) is 25.6. The summed E-state index contributed by atoms with van der Waals surface area (Å²) in [4.78, 5) is 18.4. The number of hydrogen-bond donors (Lipinski definition) is 0. The van der Waals surface area contributed by atoms with Crippen molar-refractivity contribution in [1.29, 1.82) is 0 Å². The highest BCUT2D eigenvalue weighted by molar-refractivity contribution is 6.74.